The Labute approximate surface area is 131 Å². The first-order chi connectivity index (χ1) is 10.5. The number of benzene rings is 1. The molecule has 0 saturated heterocycles. The van der Waals surface area contributed by atoms with Crippen molar-refractivity contribution >= 4 is 11.5 Å². The van der Waals surface area contributed by atoms with E-state index in [4.69, 9.17) is 0 Å². The van der Waals surface area contributed by atoms with Crippen molar-refractivity contribution in [1.29, 1.82) is 0 Å². The van der Waals surface area contributed by atoms with Gasteiger partial charge in [0.05, 0.1) is 4.92 Å². The Morgan fingerprint density at radius 2 is 2.00 bits per heavy atom. The number of rotatable bonds is 6. The Balaban J connectivity index is 2.99. The molecule has 0 fully saturated rings. The van der Waals surface area contributed by atoms with Crippen LogP contribution in [0.25, 0.3) is 0 Å². The smallest absolute Gasteiger partial charge is 0.383 e. The number of carbonyl (C=O) groups is 1. The highest BCUT2D eigenvalue weighted by atomic mass is 19.4. The quantitative estimate of drug-likeness (QED) is 0.453. The molecule has 0 amide bonds. The summed E-state index contributed by atoms with van der Waals surface area (Å²) in [6, 6.07) is 5.54. The summed E-state index contributed by atoms with van der Waals surface area (Å²) in [4.78, 5) is 23.3. The van der Waals surface area contributed by atoms with Gasteiger partial charge in [-0.2, -0.15) is 13.2 Å². The highest BCUT2D eigenvalue weighted by Gasteiger charge is 2.39. The van der Waals surface area contributed by atoms with E-state index in [1.807, 2.05) is 0 Å². The number of hydrogen-bond acceptors (Lipinski definition) is 4. The number of nitro benzene ring substituents is 1. The van der Waals surface area contributed by atoms with Crippen LogP contribution >= 0.6 is 0 Å². The van der Waals surface area contributed by atoms with Gasteiger partial charge in [0.15, 0.2) is 5.78 Å². The standard InChI is InChI=1S/C15H17F3N2O3/c1-10(11-5-4-6-12(8-11)20(22)23)7-14(21)13(9-19(2)3)15(16,17)18/h4-6,8-10H,7H2,1-3H3/b13-9-/t10-/m1/s1. The summed E-state index contributed by atoms with van der Waals surface area (Å²) >= 11 is 0. The second-order valence-corrected chi connectivity index (χ2v) is 5.38. The number of carbonyl (C=O) groups excluding carboxylic acids is 1. The molecule has 1 atom stereocenters. The van der Waals surface area contributed by atoms with Crippen molar-refractivity contribution in [2.24, 2.45) is 0 Å². The molecule has 0 N–H and O–H groups in total. The predicted octanol–water partition coefficient (Wildman–Crippen LogP) is 3.67. The molecule has 126 valence electrons. The summed E-state index contributed by atoms with van der Waals surface area (Å²) < 4.78 is 38.8. The van der Waals surface area contributed by atoms with Crippen molar-refractivity contribution in [2.45, 2.75) is 25.4 Å². The van der Waals surface area contributed by atoms with Crippen LogP contribution in [0.15, 0.2) is 36.0 Å². The number of non-ortho nitro benzene ring substituents is 1. The minimum Gasteiger partial charge on any atom is -0.383 e. The highest BCUT2D eigenvalue weighted by molar-refractivity contribution is 5.96. The van der Waals surface area contributed by atoms with E-state index in [-0.39, 0.29) is 12.1 Å². The minimum atomic E-state index is -4.75. The van der Waals surface area contributed by atoms with Crippen molar-refractivity contribution in [3.05, 3.63) is 51.7 Å². The van der Waals surface area contributed by atoms with Gasteiger partial charge in [-0.1, -0.05) is 19.1 Å². The molecule has 0 aliphatic carbocycles. The number of halogens is 3. The molecule has 0 radical (unpaired) electrons. The third-order valence-corrected chi connectivity index (χ3v) is 3.13. The third-order valence-electron chi connectivity index (χ3n) is 3.13. The lowest BCUT2D eigenvalue weighted by atomic mass is 9.93. The summed E-state index contributed by atoms with van der Waals surface area (Å²) in [7, 11) is 2.78. The van der Waals surface area contributed by atoms with Crippen LogP contribution in [0.2, 0.25) is 0 Å². The molecule has 0 bridgehead atoms. The van der Waals surface area contributed by atoms with Crippen molar-refractivity contribution < 1.29 is 22.9 Å². The third kappa shape index (κ3) is 5.39. The molecular formula is C15H17F3N2O3. The van der Waals surface area contributed by atoms with E-state index in [9.17, 15) is 28.1 Å². The first-order valence-electron chi connectivity index (χ1n) is 6.75. The summed E-state index contributed by atoms with van der Waals surface area (Å²) in [5.41, 5.74) is -0.958. The van der Waals surface area contributed by atoms with Crippen molar-refractivity contribution in [1.82, 2.24) is 4.90 Å². The maximum Gasteiger partial charge on any atom is 0.421 e. The zero-order valence-electron chi connectivity index (χ0n) is 12.9. The molecule has 0 heterocycles. The zero-order chi connectivity index (χ0) is 17.8. The molecule has 0 aliphatic heterocycles. The number of allylic oxidation sites excluding steroid dienone is 1. The molecule has 0 spiro atoms. The first kappa shape index (κ1) is 18.7. The normalized spacial score (nSPS) is 13.6. The fourth-order valence-corrected chi connectivity index (χ4v) is 2.01. The lowest BCUT2D eigenvalue weighted by molar-refractivity contribution is -0.384. The summed E-state index contributed by atoms with van der Waals surface area (Å²) in [6.07, 6.45) is -4.40. The monoisotopic (exact) mass is 330 g/mol. The molecule has 1 rings (SSSR count). The van der Waals surface area contributed by atoms with Gasteiger partial charge in [-0.05, 0) is 11.5 Å². The highest BCUT2D eigenvalue weighted by Crippen LogP contribution is 2.31. The molecular weight excluding hydrogens is 313 g/mol. The number of nitro groups is 1. The van der Waals surface area contributed by atoms with Crippen LogP contribution in [0.5, 0.6) is 0 Å². The summed E-state index contributed by atoms with van der Waals surface area (Å²) in [5, 5.41) is 10.7. The molecule has 0 unspecified atom stereocenters. The van der Waals surface area contributed by atoms with Crippen molar-refractivity contribution in [3.63, 3.8) is 0 Å². The van der Waals surface area contributed by atoms with Crippen molar-refractivity contribution in [2.75, 3.05) is 14.1 Å². The van der Waals surface area contributed by atoms with Crippen LogP contribution in [0.4, 0.5) is 18.9 Å². The van der Waals surface area contributed by atoms with E-state index < -0.39 is 28.4 Å². The Morgan fingerprint density at radius 1 is 1.39 bits per heavy atom. The number of Topliss-reactive ketones (excluding diaryl/α,β-unsaturated/α-hetero) is 1. The van der Waals surface area contributed by atoms with Crippen LogP contribution < -0.4 is 0 Å². The van der Waals surface area contributed by atoms with E-state index >= 15 is 0 Å². The van der Waals surface area contributed by atoms with Crippen LogP contribution in [0.3, 0.4) is 0 Å². The zero-order valence-corrected chi connectivity index (χ0v) is 12.9. The predicted molar refractivity (Wildman–Crippen MR) is 79.0 cm³/mol. The van der Waals surface area contributed by atoms with E-state index in [0.717, 1.165) is 11.1 Å². The van der Waals surface area contributed by atoms with E-state index in [1.54, 1.807) is 13.0 Å². The molecule has 0 aliphatic rings. The van der Waals surface area contributed by atoms with Gasteiger partial charge < -0.3 is 4.90 Å². The van der Waals surface area contributed by atoms with E-state index in [0.29, 0.717) is 5.56 Å². The molecule has 5 nitrogen and oxygen atoms in total. The lowest BCUT2D eigenvalue weighted by Crippen LogP contribution is -2.23. The van der Waals surface area contributed by atoms with Gasteiger partial charge in [0.25, 0.3) is 5.69 Å². The lowest BCUT2D eigenvalue weighted by Gasteiger charge is -2.16. The fourth-order valence-electron chi connectivity index (χ4n) is 2.01. The molecule has 1 aromatic carbocycles. The maximum absolute atomic E-state index is 12.9. The van der Waals surface area contributed by atoms with Gasteiger partial charge in [-0.25, -0.2) is 0 Å². The second kappa shape index (κ2) is 7.26. The number of hydrogen-bond donors (Lipinski definition) is 0. The molecule has 0 aromatic heterocycles. The molecule has 1 aromatic rings. The Morgan fingerprint density at radius 3 is 2.48 bits per heavy atom. The van der Waals surface area contributed by atoms with Crippen LogP contribution in [0, 0.1) is 10.1 Å². The Kier molecular flexibility index (Phi) is 5.89. The maximum atomic E-state index is 12.9. The molecule has 23 heavy (non-hydrogen) atoms. The average Bonchev–Trinajstić information content (AvgIpc) is 2.43. The summed E-state index contributed by atoms with van der Waals surface area (Å²) in [5.74, 6) is -1.62. The van der Waals surface area contributed by atoms with E-state index in [2.05, 4.69) is 0 Å². The average molecular weight is 330 g/mol. The van der Waals surface area contributed by atoms with Crippen LogP contribution in [-0.4, -0.2) is 35.9 Å². The van der Waals surface area contributed by atoms with E-state index in [1.165, 1.54) is 32.3 Å². The fraction of sp³-hybridized carbons (Fsp3) is 0.400. The molecule has 0 saturated carbocycles. The number of nitrogens with zero attached hydrogens (tertiary/aromatic N) is 2. The Bertz CT molecular complexity index is 625. The second-order valence-electron chi connectivity index (χ2n) is 5.38. The summed E-state index contributed by atoms with van der Waals surface area (Å²) in [6.45, 7) is 1.56. The minimum absolute atomic E-state index is 0.165. The largest absolute Gasteiger partial charge is 0.421 e. The van der Waals surface area contributed by atoms with Gasteiger partial charge in [-0.15, -0.1) is 0 Å². The number of alkyl halides is 3. The van der Waals surface area contributed by atoms with Crippen LogP contribution in [-0.2, 0) is 4.79 Å². The van der Waals surface area contributed by atoms with Gasteiger partial charge in [0.1, 0.15) is 5.57 Å². The first-order valence-corrected chi connectivity index (χ1v) is 6.75. The van der Waals surface area contributed by atoms with Gasteiger partial charge in [0, 0.05) is 38.8 Å². The topological polar surface area (TPSA) is 63.5 Å². The SMILES string of the molecule is C[C@H](CC(=O)/C(=C/N(C)C)C(F)(F)F)c1cccc([N+](=O)[O-])c1. The van der Waals surface area contributed by atoms with Gasteiger partial charge >= 0.3 is 6.18 Å². The van der Waals surface area contributed by atoms with Gasteiger partial charge in [0.2, 0.25) is 0 Å². The number of ketones is 1. The van der Waals surface area contributed by atoms with Crippen molar-refractivity contribution in [3.8, 4) is 0 Å². The van der Waals surface area contributed by atoms with Gasteiger partial charge in [-0.3, -0.25) is 14.9 Å². The Hall–Kier alpha value is -2.38. The van der Waals surface area contributed by atoms with Crippen LogP contribution in [0.1, 0.15) is 24.8 Å². The molecule has 8 heteroatoms.